The van der Waals surface area contributed by atoms with Crippen molar-refractivity contribution in [3.63, 3.8) is 0 Å². The Balaban J connectivity index is 1.27. The van der Waals surface area contributed by atoms with E-state index in [1.54, 1.807) is 4.90 Å². The molecule has 1 amide bonds. The highest BCUT2D eigenvalue weighted by Crippen LogP contribution is 2.42. The molecule has 0 aliphatic carbocycles. The molecule has 2 aromatic carbocycles. The van der Waals surface area contributed by atoms with Crippen molar-refractivity contribution in [2.24, 2.45) is 0 Å². The first-order valence-corrected chi connectivity index (χ1v) is 16.3. The van der Waals surface area contributed by atoms with E-state index in [9.17, 15) is 19.4 Å². The van der Waals surface area contributed by atoms with Gasteiger partial charge in [0.25, 0.3) is 0 Å². The van der Waals surface area contributed by atoms with Gasteiger partial charge in [0, 0.05) is 30.2 Å². The molecular formula is C36H34F2N6O4. The number of pyridine rings is 1. The van der Waals surface area contributed by atoms with Crippen LogP contribution in [-0.4, -0.2) is 97.4 Å². The predicted octanol–water partition coefficient (Wildman–Crippen LogP) is 4.15. The number of ether oxygens (including phenoxy) is 1. The highest BCUT2D eigenvalue weighted by molar-refractivity contribution is 6.03. The third-order valence-corrected chi connectivity index (χ3v) is 10.7. The van der Waals surface area contributed by atoms with Crippen LogP contribution in [-0.2, 0) is 4.79 Å². The van der Waals surface area contributed by atoms with Crippen molar-refractivity contribution in [1.82, 2.24) is 24.8 Å². The molecule has 2 aromatic heterocycles. The van der Waals surface area contributed by atoms with Gasteiger partial charge in [-0.15, -0.1) is 6.42 Å². The summed E-state index contributed by atoms with van der Waals surface area (Å²) in [5.41, 5.74) is -0.316. The molecule has 8 rings (SSSR count). The fourth-order valence-corrected chi connectivity index (χ4v) is 8.48. The maximum Gasteiger partial charge on any atom is 0.319 e. The summed E-state index contributed by atoms with van der Waals surface area (Å²) in [5.74, 6) is 0.834. The van der Waals surface area contributed by atoms with Crippen LogP contribution in [0.25, 0.3) is 32.9 Å². The number of hydrogen-bond donors (Lipinski definition) is 2. The van der Waals surface area contributed by atoms with Gasteiger partial charge in [0.05, 0.1) is 34.7 Å². The SMILES string of the molecule is C#Cc1c(F)ccc2cc(O)cc(-c3ncc4c(N5C[C@H]6C[C@H](O)[C@@H](C5)N6C(=O)C=C)nc(OCC56CCCN5CCC6)nc4c3F)c12. The van der Waals surface area contributed by atoms with Crippen LogP contribution >= 0.6 is 0 Å². The number of aliphatic hydroxyl groups is 1. The third kappa shape index (κ3) is 4.67. The van der Waals surface area contributed by atoms with E-state index >= 15 is 4.39 Å². The number of nitrogens with zero attached hydrogens (tertiary/aromatic N) is 6. The molecule has 246 valence electrons. The molecule has 4 fully saturated rings. The van der Waals surface area contributed by atoms with Crippen molar-refractivity contribution in [3.8, 4) is 35.4 Å². The van der Waals surface area contributed by atoms with Crippen molar-refractivity contribution >= 4 is 33.4 Å². The van der Waals surface area contributed by atoms with Gasteiger partial charge in [-0.2, -0.15) is 9.97 Å². The summed E-state index contributed by atoms with van der Waals surface area (Å²) in [5, 5.41) is 22.4. The molecular weight excluding hydrogens is 618 g/mol. The number of fused-ring (bicyclic) bond motifs is 5. The van der Waals surface area contributed by atoms with Crippen LogP contribution in [0.3, 0.4) is 0 Å². The minimum absolute atomic E-state index is 0.00436. The Morgan fingerprint density at radius 3 is 2.71 bits per heavy atom. The molecule has 0 spiro atoms. The van der Waals surface area contributed by atoms with E-state index in [2.05, 4.69) is 27.4 Å². The molecule has 4 saturated heterocycles. The summed E-state index contributed by atoms with van der Waals surface area (Å²) in [4.78, 5) is 32.6. The summed E-state index contributed by atoms with van der Waals surface area (Å²) in [7, 11) is 0. The molecule has 6 heterocycles. The summed E-state index contributed by atoms with van der Waals surface area (Å²) in [6.07, 6.45) is 12.2. The van der Waals surface area contributed by atoms with Gasteiger partial charge in [0.1, 0.15) is 35.2 Å². The minimum Gasteiger partial charge on any atom is -0.508 e. The van der Waals surface area contributed by atoms with E-state index in [-0.39, 0.29) is 63.5 Å². The second kappa shape index (κ2) is 11.4. The molecule has 0 radical (unpaired) electrons. The molecule has 3 atom stereocenters. The number of benzene rings is 2. The monoisotopic (exact) mass is 652 g/mol. The maximum atomic E-state index is 16.9. The van der Waals surface area contributed by atoms with Gasteiger partial charge in [0.15, 0.2) is 5.82 Å². The zero-order chi connectivity index (χ0) is 33.3. The third-order valence-electron chi connectivity index (χ3n) is 10.7. The van der Waals surface area contributed by atoms with E-state index in [0.717, 1.165) is 38.8 Å². The van der Waals surface area contributed by atoms with Crippen LogP contribution in [0.5, 0.6) is 11.8 Å². The molecule has 4 aliphatic rings. The number of amides is 1. The number of halogens is 2. The lowest BCUT2D eigenvalue weighted by Gasteiger charge is -2.41. The molecule has 4 aromatic rings. The van der Waals surface area contributed by atoms with Gasteiger partial charge in [-0.05, 0) is 74.9 Å². The first-order chi connectivity index (χ1) is 23.2. The second-order valence-electron chi connectivity index (χ2n) is 13.3. The van der Waals surface area contributed by atoms with Crippen LogP contribution in [0, 0.1) is 24.0 Å². The lowest BCUT2D eigenvalue weighted by molar-refractivity contribution is -0.130. The summed E-state index contributed by atoms with van der Waals surface area (Å²) in [6.45, 7) is 6.57. The Hall–Kier alpha value is -4.86. The molecule has 0 unspecified atom stereocenters. The number of hydrogen-bond acceptors (Lipinski definition) is 9. The van der Waals surface area contributed by atoms with Gasteiger partial charge < -0.3 is 24.7 Å². The first-order valence-electron chi connectivity index (χ1n) is 16.3. The Morgan fingerprint density at radius 1 is 1.19 bits per heavy atom. The quantitative estimate of drug-likeness (QED) is 0.234. The van der Waals surface area contributed by atoms with E-state index in [4.69, 9.17) is 16.1 Å². The molecule has 2 bridgehead atoms. The smallest absolute Gasteiger partial charge is 0.319 e. The molecule has 10 nitrogen and oxygen atoms in total. The van der Waals surface area contributed by atoms with Gasteiger partial charge in [0.2, 0.25) is 5.91 Å². The van der Waals surface area contributed by atoms with Crippen LogP contribution in [0.2, 0.25) is 0 Å². The number of anilines is 1. The molecule has 2 N–H and O–H groups in total. The lowest BCUT2D eigenvalue weighted by atomic mass is 9.95. The Labute approximate surface area is 275 Å². The highest BCUT2D eigenvalue weighted by Gasteiger charge is 2.48. The van der Waals surface area contributed by atoms with E-state index < -0.39 is 23.8 Å². The van der Waals surface area contributed by atoms with Crippen molar-refractivity contribution < 1.29 is 28.5 Å². The number of aromatic hydroxyl groups is 1. The normalized spacial score (nSPS) is 23.1. The van der Waals surface area contributed by atoms with E-state index in [0.29, 0.717) is 36.2 Å². The second-order valence-corrected chi connectivity index (χ2v) is 13.3. The number of phenolic OH excluding ortho intramolecular Hbond substituents is 1. The topological polar surface area (TPSA) is 115 Å². The van der Waals surface area contributed by atoms with Gasteiger partial charge in [-0.1, -0.05) is 18.6 Å². The first kappa shape index (κ1) is 30.5. The fourth-order valence-electron chi connectivity index (χ4n) is 8.48. The largest absolute Gasteiger partial charge is 0.508 e. The van der Waals surface area contributed by atoms with E-state index in [1.807, 2.05) is 4.90 Å². The number of carbonyl (C=O) groups excluding carboxylic acids is 1. The summed E-state index contributed by atoms with van der Waals surface area (Å²) < 4.78 is 38.1. The zero-order valence-electron chi connectivity index (χ0n) is 26.2. The van der Waals surface area contributed by atoms with Crippen LogP contribution in [0.4, 0.5) is 14.6 Å². The Morgan fingerprint density at radius 2 is 1.98 bits per heavy atom. The predicted molar refractivity (Wildman–Crippen MR) is 176 cm³/mol. The number of aliphatic hydroxyl groups excluding tert-OH is 1. The highest BCUT2D eigenvalue weighted by atomic mass is 19.1. The average Bonchev–Trinajstić information content (AvgIpc) is 3.72. The van der Waals surface area contributed by atoms with Crippen molar-refractivity contribution in [3.05, 3.63) is 60.3 Å². The minimum atomic E-state index is -0.815. The van der Waals surface area contributed by atoms with Crippen LogP contribution < -0.4 is 9.64 Å². The van der Waals surface area contributed by atoms with Crippen LogP contribution in [0.15, 0.2) is 43.1 Å². The number of carbonyl (C=O) groups is 1. The number of rotatable bonds is 6. The maximum absolute atomic E-state index is 16.9. The zero-order valence-corrected chi connectivity index (χ0v) is 26.2. The molecule has 0 saturated carbocycles. The molecule has 48 heavy (non-hydrogen) atoms. The van der Waals surface area contributed by atoms with Gasteiger partial charge >= 0.3 is 6.01 Å². The number of piperazine rings is 1. The molecule has 4 aliphatic heterocycles. The number of terminal acetylenes is 1. The number of phenols is 1. The summed E-state index contributed by atoms with van der Waals surface area (Å²) >= 11 is 0. The Kier molecular flexibility index (Phi) is 7.23. The number of aromatic nitrogens is 3. The van der Waals surface area contributed by atoms with Crippen molar-refractivity contribution in [1.29, 1.82) is 0 Å². The summed E-state index contributed by atoms with van der Waals surface area (Å²) in [6, 6.07) is 4.58. The van der Waals surface area contributed by atoms with Crippen molar-refractivity contribution in [2.45, 2.75) is 55.8 Å². The fraction of sp³-hybridized carbons (Fsp3) is 0.389. The van der Waals surface area contributed by atoms with Crippen molar-refractivity contribution in [2.75, 3.05) is 37.7 Å². The van der Waals surface area contributed by atoms with E-state index in [1.165, 1.54) is 36.5 Å². The average molecular weight is 653 g/mol. The van der Waals surface area contributed by atoms with Gasteiger partial charge in [-0.3, -0.25) is 14.7 Å². The molecule has 12 heteroatoms. The standard InChI is InChI=1S/C36H34F2N6O4/c1-3-23-26(37)8-7-20-13-22(45)15-24(30(20)23)32-31(38)33-25(16-39-32)34(42-17-21-14-28(46)27(18-42)44(21)29(47)4-2)41-35(40-33)48-19-36-9-5-11-43(36)12-6-10-36/h1,4,7-8,13,15-16,21,27-28,45-46H,2,5-6,9-12,14,17-19H2/t21-,27-,28+/m1/s1. The van der Waals surface area contributed by atoms with Gasteiger partial charge in [-0.25, -0.2) is 8.78 Å². The Bertz CT molecular complexity index is 2040. The van der Waals surface area contributed by atoms with Crippen LogP contribution in [0.1, 0.15) is 37.7 Å². The lowest BCUT2D eigenvalue weighted by Crippen LogP contribution is -2.57.